The van der Waals surface area contributed by atoms with Gasteiger partial charge in [-0.25, -0.2) is 26.4 Å². The predicted molar refractivity (Wildman–Crippen MR) is 132 cm³/mol. The number of carbonyl (C=O) groups excluding carboxylic acids is 2. The summed E-state index contributed by atoms with van der Waals surface area (Å²) in [5.41, 5.74) is -2.60. The van der Waals surface area contributed by atoms with Crippen molar-refractivity contribution in [3.05, 3.63) is 71.0 Å². The summed E-state index contributed by atoms with van der Waals surface area (Å²) in [6.07, 6.45) is -1.71. The van der Waals surface area contributed by atoms with E-state index in [2.05, 4.69) is 10.6 Å². The van der Waals surface area contributed by atoms with Gasteiger partial charge in [-0.2, -0.15) is 0 Å². The van der Waals surface area contributed by atoms with Crippen LogP contribution in [0.4, 0.5) is 18.0 Å². The molecule has 1 heterocycles. The van der Waals surface area contributed by atoms with Crippen LogP contribution in [0.15, 0.2) is 42.5 Å². The van der Waals surface area contributed by atoms with Gasteiger partial charge in [-0.1, -0.05) is 24.3 Å². The van der Waals surface area contributed by atoms with Gasteiger partial charge in [0.2, 0.25) is 5.91 Å². The maximum Gasteiger partial charge on any atom is 0.407 e. The molecule has 0 aliphatic carbocycles. The molecule has 1 saturated heterocycles. The molecule has 1 fully saturated rings. The van der Waals surface area contributed by atoms with Gasteiger partial charge in [0.15, 0.2) is 9.84 Å². The Bertz CT molecular complexity index is 1230. The molecular formula is C26H31F3N2O5S. The van der Waals surface area contributed by atoms with Crippen molar-refractivity contribution in [3.8, 4) is 0 Å². The van der Waals surface area contributed by atoms with Gasteiger partial charge in [0.1, 0.15) is 23.1 Å². The van der Waals surface area contributed by atoms with Crippen molar-refractivity contribution in [3.63, 3.8) is 0 Å². The van der Waals surface area contributed by atoms with Crippen molar-refractivity contribution < 1.29 is 35.9 Å². The summed E-state index contributed by atoms with van der Waals surface area (Å²) < 4.78 is 73.3. The van der Waals surface area contributed by atoms with Crippen LogP contribution in [0.3, 0.4) is 0 Å². The van der Waals surface area contributed by atoms with E-state index in [1.54, 1.807) is 26.8 Å². The summed E-state index contributed by atoms with van der Waals surface area (Å²) in [5, 5.41) is 5.22. The number of hydrogen-bond acceptors (Lipinski definition) is 5. The number of nitrogens with one attached hydrogen (secondary N) is 2. The van der Waals surface area contributed by atoms with Crippen molar-refractivity contribution in [1.29, 1.82) is 0 Å². The number of ether oxygens (including phenoxy) is 1. The lowest BCUT2D eigenvalue weighted by atomic mass is 9.83. The number of sulfone groups is 1. The van der Waals surface area contributed by atoms with E-state index in [1.807, 2.05) is 0 Å². The third-order valence-corrected chi connectivity index (χ3v) is 7.73. The minimum atomic E-state index is -3.44. The minimum Gasteiger partial charge on any atom is -0.444 e. The first-order valence-corrected chi connectivity index (χ1v) is 13.7. The molecular weight excluding hydrogens is 509 g/mol. The van der Waals surface area contributed by atoms with Crippen molar-refractivity contribution in [1.82, 2.24) is 10.6 Å². The highest BCUT2D eigenvalue weighted by Gasteiger charge is 2.43. The highest BCUT2D eigenvalue weighted by Crippen LogP contribution is 2.37. The maximum atomic E-state index is 14.8. The van der Waals surface area contributed by atoms with Crippen molar-refractivity contribution in [2.45, 2.75) is 63.6 Å². The van der Waals surface area contributed by atoms with E-state index in [0.29, 0.717) is 0 Å². The fourth-order valence-electron chi connectivity index (χ4n) is 4.40. The largest absolute Gasteiger partial charge is 0.444 e. The number of hydrogen-bond donors (Lipinski definition) is 2. The number of alkyl carbamates (subject to hydrolysis) is 1. The summed E-state index contributed by atoms with van der Waals surface area (Å²) in [6.45, 7) is 4.99. The first kappa shape index (κ1) is 28.5. The first-order valence-electron chi connectivity index (χ1n) is 11.9. The van der Waals surface area contributed by atoms with E-state index in [1.165, 1.54) is 24.3 Å². The van der Waals surface area contributed by atoms with Crippen LogP contribution in [-0.2, 0) is 31.3 Å². The average Bonchev–Trinajstić information content (AvgIpc) is 2.76. The Labute approximate surface area is 214 Å². The Morgan fingerprint density at radius 2 is 1.54 bits per heavy atom. The van der Waals surface area contributed by atoms with Gasteiger partial charge in [-0.15, -0.1) is 0 Å². The van der Waals surface area contributed by atoms with E-state index in [9.17, 15) is 31.2 Å². The number of carbonyl (C=O) groups is 2. The highest BCUT2D eigenvalue weighted by molar-refractivity contribution is 7.91. The topological polar surface area (TPSA) is 102 Å². The molecule has 1 aliphatic rings. The van der Waals surface area contributed by atoms with E-state index < -0.39 is 62.0 Å². The van der Waals surface area contributed by atoms with Crippen LogP contribution in [-0.4, -0.2) is 43.6 Å². The summed E-state index contributed by atoms with van der Waals surface area (Å²) in [6, 6.07) is 8.21. The number of amides is 2. The lowest BCUT2D eigenvalue weighted by Gasteiger charge is -2.39. The maximum absolute atomic E-state index is 14.8. The molecule has 7 nitrogen and oxygen atoms in total. The molecule has 202 valence electrons. The molecule has 0 aromatic heterocycles. The molecule has 0 bridgehead atoms. The third kappa shape index (κ3) is 7.70. The molecule has 2 aromatic carbocycles. The van der Waals surface area contributed by atoms with Crippen LogP contribution in [0.1, 0.15) is 51.2 Å². The molecule has 0 saturated carbocycles. The van der Waals surface area contributed by atoms with E-state index in [4.69, 9.17) is 4.74 Å². The molecule has 2 N–H and O–H groups in total. The zero-order chi connectivity index (χ0) is 27.4. The summed E-state index contributed by atoms with van der Waals surface area (Å²) in [4.78, 5) is 25.7. The Morgan fingerprint density at radius 1 is 0.973 bits per heavy atom. The molecule has 1 aliphatic heterocycles. The molecule has 0 spiro atoms. The molecule has 37 heavy (non-hydrogen) atoms. The first-order chi connectivity index (χ1) is 17.2. The van der Waals surface area contributed by atoms with Gasteiger partial charge in [-0.05, 0) is 63.8 Å². The smallest absolute Gasteiger partial charge is 0.407 e. The lowest BCUT2D eigenvalue weighted by Crippen LogP contribution is -2.53. The fourth-order valence-corrected chi connectivity index (χ4v) is 5.92. The van der Waals surface area contributed by atoms with Gasteiger partial charge < -0.3 is 15.4 Å². The van der Waals surface area contributed by atoms with Crippen molar-refractivity contribution >= 4 is 21.8 Å². The van der Waals surface area contributed by atoms with Gasteiger partial charge >= 0.3 is 6.09 Å². The molecule has 0 unspecified atom stereocenters. The van der Waals surface area contributed by atoms with Crippen molar-refractivity contribution in [2.75, 3.05) is 11.5 Å². The van der Waals surface area contributed by atoms with Gasteiger partial charge in [-0.3, -0.25) is 4.79 Å². The standard InChI is InChI=1S/C26H31F3N2O5S/c1-25(2,3)36-24(33)30-18(15-17-7-4-5-8-19(17)27)16-22(32)31-26(11-13-37(34,35)14-12-26)23-20(28)9-6-10-21(23)29/h4-10,18H,11-16H2,1-3H3,(H,30,33)(H,31,32)/t18-/m1/s1. The van der Waals surface area contributed by atoms with Gasteiger partial charge in [0.25, 0.3) is 0 Å². The molecule has 1 atom stereocenters. The van der Waals surface area contributed by atoms with Crippen LogP contribution in [0.2, 0.25) is 0 Å². The van der Waals surface area contributed by atoms with E-state index in [-0.39, 0.29) is 42.8 Å². The van der Waals surface area contributed by atoms with Gasteiger partial charge in [0.05, 0.1) is 17.0 Å². The Morgan fingerprint density at radius 3 is 2.11 bits per heavy atom. The third-order valence-electron chi connectivity index (χ3n) is 6.08. The fraction of sp³-hybridized carbons (Fsp3) is 0.462. The lowest BCUT2D eigenvalue weighted by molar-refractivity contribution is -0.123. The molecule has 2 aromatic rings. The monoisotopic (exact) mass is 540 g/mol. The van der Waals surface area contributed by atoms with Crippen LogP contribution in [0, 0.1) is 17.5 Å². The summed E-state index contributed by atoms with van der Waals surface area (Å²) in [5.74, 6) is -3.77. The Hall–Kier alpha value is -3.08. The second kappa shape index (κ2) is 11.1. The zero-order valence-electron chi connectivity index (χ0n) is 20.9. The average molecular weight is 541 g/mol. The quantitative estimate of drug-likeness (QED) is 0.550. The molecule has 2 amide bonds. The van der Waals surface area contributed by atoms with Crippen LogP contribution < -0.4 is 10.6 Å². The molecule has 11 heteroatoms. The SMILES string of the molecule is CC(C)(C)OC(=O)N[C@@H](CC(=O)NC1(c2c(F)cccc2F)CCS(=O)(=O)CC1)Cc1ccccc1F. The second-order valence-electron chi connectivity index (χ2n) is 10.2. The van der Waals surface area contributed by atoms with E-state index >= 15 is 0 Å². The normalized spacial score (nSPS) is 17.5. The highest BCUT2D eigenvalue weighted by atomic mass is 32.2. The summed E-state index contributed by atoms with van der Waals surface area (Å²) >= 11 is 0. The van der Waals surface area contributed by atoms with Crippen LogP contribution >= 0.6 is 0 Å². The number of halogens is 3. The van der Waals surface area contributed by atoms with Crippen molar-refractivity contribution in [2.24, 2.45) is 0 Å². The zero-order valence-corrected chi connectivity index (χ0v) is 21.8. The van der Waals surface area contributed by atoms with Gasteiger partial charge in [0, 0.05) is 18.0 Å². The molecule has 3 rings (SSSR count). The number of benzene rings is 2. The Kier molecular flexibility index (Phi) is 8.56. The summed E-state index contributed by atoms with van der Waals surface area (Å²) in [7, 11) is -3.44. The van der Waals surface area contributed by atoms with Crippen LogP contribution in [0.25, 0.3) is 0 Å². The predicted octanol–water partition coefficient (Wildman–Crippen LogP) is 4.15. The number of rotatable bonds is 7. The molecule has 0 radical (unpaired) electrons. The second-order valence-corrected chi connectivity index (χ2v) is 12.5. The van der Waals surface area contributed by atoms with E-state index in [0.717, 1.165) is 12.1 Å². The van der Waals surface area contributed by atoms with Crippen LogP contribution in [0.5, 0.6) is 0 Å². The Balaban J connectivity index is 1.87. The minimum absolute atomic E-state index is 0.0607.